The van der Waals surface area contributed by atoms with Crippen molar-refractivity contribution < 1.29 is 18.9 Å². The summed E-state index contributed by atoms with van der Waals surface area (Å²) < 4.78 is 22.8. The first-order chi connectivity index (χ1) is 16.8. The van der Waals surface area contributed by atoms with E-state index in [-0.39, 0.29) is 0 Å². The molecule has 4 aromatic rings. The lowest BCUT2D eigenvalue weighted by Gasteiger charge is -2.15. The van der Waals surface area contributed by atoms with Crippen molar-refractivity contribution in [2.24, 2.45) is 0 Å². The second-order valence-electron chi connectivity index (χ2n) is 7.60. The third kappa shape index (κ3) is 4.30. The summed E-state index contributed by atoms with van der Waals surface area (Å²) in [6.07, 6.45) is 11.8. The minimum Gasteiger partial charge on any atom is -0.485 e. The standard InChI is InChI=1S/C26H20N2O4S2/c1(3-23-25-21(15-33-23)29-9-11-31-25)17-5-7-27-19(13-17)20-14-18(6-8-28-20)2-4-24-26-22(16-34-24)30-10-12-32-26/h1-8,13-16H,9-12H2. The molecular formula is C26H20N2O4S2. The molecule has 0 aliphatic carbocycles. The van der Waals surface area contributed by atoms with Crippen molar-refractivity contribution in [2.75, 3.05) is 26.4 Å². The Bertz CT molecular complexity index is 1280. The van der Waals surface area contributed by atoms with Crippen LogP contribution >= 0.6 is 22.7 Å². The number of thiophene rings is 2. The van der Waals surface area contributed by atoms with Crippen LogP contribution in [0, 0.1) is 0 Å². The van der Waals surface area contributed by atoms with Gasteiger partial charge in [0.2, 0.25) is 0 Å². The van der Waals surface area contributed by atoms with E-state index in [1.807, 2.05) is 35.0 Å². The van der Waals surface area contributed by atoms with Gasteiger partial charge in [-0.1, -0.05) is 12.2 Å². The number of hydrogen-bond donors (Lipinski definition) is 0. The van der Waals surface area contributed by atoms with Crippen molar-refractivity contribution in [3.05, 3.63) is 68.3 Å². The maximum atomic E-state index is 5.76. The number of aromatic nitrogens is 2. The number of hydrogen-bond acceptors (Lipinski definition) is 8. The predicted octanol–water partition coefficient (Wildman–Crippen LogP) is 6.15. The van der Waals surface area contributed by atoms with Gasteiger partial charge in [-0.2, -0.15) is 0 Å². The van der Waals surface area contributed by atoms with E-state index in [0.29, 0.717) is 26.4 Å². The van der Waals surface area contributed by atoms with Gasteiger partial charge in [0, 0.05) is 23.2 Å². The number of ether oxygens (including phenoxy) is 4. The van der Waals surface area contributed by atoms with E-state index in [1.54, 1.807) is 35.1 Å². The van der Waals surface area contributed by atoms with Gasteiger partial charge in [0.1, 0.15) is 26.4 Å². The molecule has 0 unspecified atom stereocenters. The zero-order valence-electron chi connectivity index (χ0n) is 18.1. The van der Waals surface area contributed by atoms with Gasteiger partial charge >= 0.3 is 0 Å². The second kappa shape index (κ2) is 9.32. The quantitative estimate of drug-likeness (QED) is 0.336. The van der Waals surface area contributed by atoms with Gasteiger partial charge in [0.25, 0.3) is 0 Å². The average Bonchev–Trinajstić information content (AvgIpc) is 3.51. The van der Waals surface area contributed by atoms with Gasteiger partial charge in [-0.3, -0.25) is 9.97 Å². The molecule has 0 fully saturated rings. The van der Waals surface area contributed by atoms with Crippen LogP contribution in [0.1, 0.15) is 20.9 Å². The van der Waals surface area contributed by atoms with Crippen LogP contribution in [-0.4, -0.2) is 36.4 Å². The fourth-order valence-electron chi connectivity index (χ4n) is 3.72. The summed E-state index contributed by atoms with van der Waals surface area (Å²) in [5, 5.41) is 3.97. The van der Waals surface area contributed by atoms with Crippen LogP contribution in [0.2, 0.25) is 0 Å². The molecule has 0 saturated carbocycles. The van der Waals surface area contributed by atoms with Crippen LogP contribution in [0.15, 0.2) is 47.4 Å². The van der Waals surface area contributed by atoms with Crippen molar-refractivity contribution in [3.8, 4) is 34.4 Å². The summed E-state index contributed by atoms with van der Waals surface area (Å²) in [7, 11) is 0. The van der Waals surface area contributed by atoms with E-state index in [2.05, 4.69) is 34.3 Å². The Hall–Kier alpha value is -3.62. The highest BCUT2D eigenvalue weighted by molar-refractivity contribution is 7.12. The molecule has 2 aliphatic heterocycles. The lowest BCUT2D eigenvalue weighted by Crippen LogP contribution is -2.14. The molecule has 0 aromatic carbocycles. The number of pyridine rings is 2. The first-order valence-corrected chi connectivity index (χ1v) is 12.6. The summed E-state index contributed by atoms with van der Waals surface area (Å²) >= 11 is 3.22. The average molecular weight is 489 g/mol. The first kappa shape index (κ1) is 20.9. The second-order valence-corrected chi connectivity index (χ2v) is 9.42. The number of nitrogens with zero attached hydrogens (tertiary/aromatic N) is 2. The van der Waals surface area contributed by atoms with Crippen LogP contribution in [0.5, 0.6) is 23.0 Å². The molecule has 0 bridgehead atoms. The number of fused-ring (bicyclic) bond motifs is 2. The minimum absolute atomic E-state index is 0.580. The van der Waals surface area contributed by atoms with Crippen LogP contribution in [0.25, 0.3) is 35.7 Å². The zero-order chi connectivity index (χ0) is 22.7. The van der Waals surface area contributed by atoms with Crippen LogP contribution in [0.4, 0.5) is 0 Å². The highest BCUT2D eigenvalue weighted by Crippen LogP contribution is 2.41. The normalized spacial score (nSPS) is 14.7. The van der Waals surface area contributed by atoms with E-state index in [4.69, 9.17) is 18.9 Å². The number of rotatable bonds is 5. The highest BCUT2D eigenvalue weighted by atomic mass is 32.1. The Morgan fingerprint density at radius 1 is 0.618 bits per heavy atom. The maximum Gasteiger partial charge on any atom is 0.179 e. The molecule has 6 rings (SSSR count). The van der Waals surface area contributed by atoms with Crippen molar-refractivity contribution in [2.45, 2.75) is 0 Å². The van der Waals surface area contributed by atoms with Crippen molar-refractivity contribution in [1.82, 2.24) is 9.97 Å². The Balaban J connectivity index is 1.22. The Labute approximate surface area is 204 Å². The molecule has 34 heavy (non-hydrogen) atoms. The van der Waals surface area contributed by atoms with Crippen LogP contribution in [-0.2, 0) is 0 Å². The van der Waals surface area contributed by atoms with Crippen LogP contribution < -0.4 is 18.9 Å². The molecular weight excluding hydrogens is 468 g/mol. The third-order valence-electron chi connectivity index (χ3n) is 5.34. The molecule has 0 radical (unpaired) electrons. The Morgan fingerprint density at radius 3 is 1.59 bits per heavy atom. The van der Waals surface area contributed by atoms with Gasteiger partial charge in [-0.25, -0.2) is 0 Å². The predicted molar refractivity (Wildman–Crippen MR) is 136 cm³/mol. The van der Waals surface area contributed by atoms with Crippen molar-refractivity contribution in [1.29, 1.82) is 0 Å². The smallest absolute Gasteiger partial charge is 0.179 e. The molecule has 2 aliphatic rings. The van der Waals surface area contributed by atoms with Gasteiger partial charge in [0.15, 0.2) is 23.0 Å². The van der Waals surface area contributed by atoms with Crippen LogP contribution in [0.3, 0.4) is 0 Å². The summed E-state index contributed by atoms with van der Waals surface area (Å²) in [5.74, 6) is 3.30. The molecule has 0 saturated heterocycles. The van der Waals surface area contributed by atoms with E-state index in [9.17, 15) is 0 Å². The third-order valence-corrected chi connectivity index (χ3v) is 7.16. The van der Waals surface area contributed by atoms with Gasteiger partial charge in [0.05, 0.1) is 21.1 Å². The van der Waals surface area contributed by atoms with Crippen molar-refractivity contribution in [3.63, 3.8) is 0 Å². The molecule has 6 nitrogen and oxygen atoms in total. The molecule has 0 spiro atoms. The lowest BCUT2D eigenvalue weighted by molar-refractivity contribution is 0.173. The molecule has 4 aromatic heterocycles. The van der Waals surface area contributed by atoms with Crippen molar-refractivity contribution >= 4 is 47.0 Å². The molecule has 0 N–H and O–H groups in total. The summed E-state index contributed by atoms with van der Waals surface area (Å²) in [5.41, 5.74) is 3.70. The summed E-state index contributed by atoms with van der Waals surface area (Å²) in [6, 6.07) is 8.02. The monoisotopic (exact) mass is 488 g/mol. The molecule has 170 valence electrons. The highest BCUT2D eigenvalue weighted by Gasteiger charge is 2.17. The van der Waals surface area contributed by atoms with Gasteiger partial charge in [-0.15, -0.1) is 22.7 Å². The Kier molecular flexibility index (Phi) is 5.74. The molecule has 0 atom stereocenters. The molecule has 0 amide bonds. The largest absolute Gasteiger partial charge is 0.485 e. The summed E-state index contributed by atoms with van der Waals surface area (Å²) in [4.78, 5) is 11.2. The first-order valence-electron chi connectivity index (χ1n) is 10.9. The van der Waals surface area contributed by atoms with E-state index in [0.717, 1.165) is 55.3 Å². The van der Waals surface area contributed by atoms with E-state index in [1.165, 1.54) is 0 Å². The fourth-order valence-corrected chi connectivity index (χ4v) is 5.36. The fraction of sp³-hybridized carbons (Fsp3) is 0.154. The lowest BCUT2D eigenvalue weighted by atomic mass is 10.1. The Morgan fingerprint density at radius 2 is 1.09 bits per heavy atom. The summed E-state index contributed by atoms with van der Waals surface area (Å²) in [6.45, 7) is 2.35. The molecule has 8 heteroatoms. The van der Waals surface area contributed by atoms with Gasteiger partial charge < -0.3 is 18.9 Å². The van der Waals surface area contributed by atoms with E-state index >= 15 is 0 Å². The zero-order valence-corrected chi connectivity index (χ0v) is 19.7. The topological polar surface area (TPSA) is 62.7 Å². The van der Waals surface area contributed by atoms with Gasteiger partial charge in [-0.05, 0) is 47.5 Å². The maximum absolute atomic E-state index is 5.76. The minimum atomic E-state index is 0.580. The SMILES string of the molecule is C(=Cc1scc2c1OCCO2)c1ccnc(-c2cc(C=Cc3scc4c3OCCO4)ccn2)c1. The van der Waals surface area contributed by atoms with E-state index < -0.39 is 0 Å². The molecule has 6 heterocycles.